The number of hydrogen-bond acceptors (Lipinski definition) is 3. The summed E-state index contributed by atoms with van der Waals surface area (Å²) >= 11 is 1.53. The molecule has 21 heavy (non-hydrogen) atoms. The van der Waals surface area contributed by atoms with Gasteiger partial charge in [0.25, 0.3) is 0 Å². The second kappa shape index (κ2) is 6.96. The van der Waals surface area contributed by atoms with E-state index in [9.17, 15) is 4.79 Å². The lowest BCUT2D eigenvalue weighted by molar-refractivity contribution is -0.136. The van der Waals surface area contributed by atoms with Gasteiger partial charge in [-0.3, -0.25) is 4.79 Å². The number of nitrogens with zero attached hydrogens (tertiary/aromatic N) is 1. The highest BCUT2D eigenvalue weighted by Gasteiger charge is 2.09. The van der Waals surface area contributed by atoms with Crippen LogP contribution >= 0.6 is 11.8 Å². The standard InChI is InChI=1S/C17H15NO2S/c1-12(11-18)13-6-4-7-15(9-13)21-16-8-3-2-5-14(16)10-17(19)20/h2-9,12H,10H2,1H3,(H,19,20). The fraction of sp³-hybridized carbons (Fsp3) is 0.176. The van der Waals surface area contributed by atoms with Crippen molar-refractivity contribution in [1.29, 1.82) is 5.26 Å². The smallest absolute Gasteiger partial charge is 0.307 e. The molecule has 1 N–H and O–H groups in total. The summed E-state index contributed by atoms with van der Waals surface area (Å²) in [7, 11) is 0. The minimum Gasteiger partial charge on any atom is -0.481 e. The minimum absolute atomic E-state index is 0.0114. The monoisotopic (exact) mass is 297 g/mol. The molecular formula is C17H15NO2S. The molecule has 0 saturated carbocycles. The number of nitriles is 1. The van der Waals surface area contributed by atoms with Gasteiger partial charge < -0.3 is 5.11 Å². The lowest BCUT2D eigenvalue weighted by atomic mass is 10.0. The van der Waals surface area contributed by atoms with E-state index in [4.69, 9.17) is 10.4 Å². The van der Waals surface area contributed by atoms with Gasteiger partial charge in [0, 0.05) is 9.79 Å². The summed E-state index contributed by atoms with van der Waals surface area (Å²) in [5, 5.41) is 18.0. The topological polar surface area (TPSA) is 61.1 Å². The van der Waals surface area contributed by atoms with E-state index in [0.717, 1.165) is 20.9 Å². The summed E-state index contributed by atoms with van der Waals surface area (Å²) in [6.07, 6.45) is 0.0114. The summed E-state index contributed by atoms with van der Waals surface area (Å²) in [5.41, 5.74) is 1.77. The lowest BCUT2D eigenvalue weighted by Gasteiger charge is -2.09. The Balaban J connectivity index is 2.26. The zero-order valence-electron chi connectivity index (χ0n) is 11.6. The number of carbonyl (C=O) groups is 1. The molecule has 0 heterocycles. The molecule has 2 rings (SSSR count). The van der Waals surface area contributed by atoms with Crippen LogP contribution in [0, 0.1) is 11.3 Å². The highest BCUT2D eigenvalue weighted by Crippen LogP contribution is 2.32. The summed E-state index contributed by atoms with van der Waals surface area (Å²) in [4.78, 5) is 12.8. The second-order valence-corrected chi connectivity index (χ2v) is 5.82. The van der Waals surface area contributed by atoms with Crippen LogP contribution in [0.1, 0.15) is 24.0 Å². The molecule has 0 amide bonds. The lowest BCUT2D eigenvalue weighted by Crippen LogP contribution is -2.01. The number of carboxylic acids is 1. The van der Waals surface area contributed by atoms with Gasteiger partial charge in [0.1, 0.15) is 0 Å². The maximum Gasteiger partial charge on any atom is 0.307 e. The van der Waals surface area contributed by atoms with Crippen LogP contribution in [0.2, 0.25) is 0 Å². The number of hydrogen-bond donors (Lipinski definition) is 1. The third-order valence-electron chi connectivity index (χ3n) is 3.09. The van der Waals surface area contributed by atoms with Crippen molar-refractivity contribution in [2.24, 2.45) is 0 Å². The highest BCUT2D eigenvalue weighted by molar-refractivity contribution is 7.99. The predicted octanol–water partition coefficient (Wildman–Crippen LogP) is 4.09. The average Bonchev–Trinajstić information content (AvgIpc) is 2.48. The van der Waals surface area contributed by atoms with Crippen LogP contribution in [-0.4, -0.2) is 11.1 Å². The van der Waals surface area contributed by atoms with Crippen LogP contribution in [0.4, 0.5) is 0 Å². The molecule has 2 aromatic rings. The summed E-state index contributed by atoms with van der Waals surface area (Å²) in [5.74, 6) is -0.991. The Bertz CT molecular complexity index is 691. The Labute approximate surface area is 128 Å². The summed E-state index contributed by atoms with van der Waals surface area (Å²) in [6, 6.07) is 17.5. The van der Waals surface area contributed by atoms with Crippen molar-refractivity contribution < 1.29 is 9.90 Å². The molecule has 0 aliphatic rings. The van der Waals surface area contributed by atoms with E-state index in [1.807, 2.05) is 55.5 Å². The molecule has 2 aromatic carbocycles. The Kier molecular flexibility index (Phi) is 5.02. The highest BCUT2D eigenvalue weighted by atomic mass is 32.2. The van der Waals surface area contributed by atoms with E-state index < -0.39 is 5.97 Å². The first kappa shape index (κ1) is 15.1. The molecule has 1 unspecified atom stereocenters. The molecule has 0 aromatic heterocycles. The molecule has 0 radical (unpaired) electrons. The van der Waals surface area contributed by atoms with Crippen LogP contribution in [0.25, 0.3) is 0 Å². The maximum atomic E-state index is 10.9. The van der Waals surface area contributed by atoms with Gasteiger partial charge in [-0.2, -0.15) is 5.26 Å². The van der Waals surface area contributed by atoms with Crippen LogP contribution < -0.4 is 0 Å². The third-order valence-corrected chi connectivity index (χ3v) is 4.20. The van der Waals surface area contributed by atoms with Gasteiger partial charge in [0.05, 0.1) is 18.4 Å². The number of rotatable bonds is 5. The van der Waals surface area contributed by atoms with Gasteiger partial charge in [-0.15, -0.1) is 0 Å². The normalized spacial score (nSPS) is 11.6. The number of carboxylic acid groups (broad SMARTS) is 1. The van der Waals surface area contributed by atoms with Crippen molar-refractivity contribution >= 4 is 17.7 Å². The molecule has 1 atom stereocenters. The van der Waals surface area contributed by atoms with Gasteiger partial charge in [0.15, 0.2) is 0 Å². The van der Waals surface area contributed by atoms with E-state index in [1.165, 1.54) is 11.8 Å². The second-order valence-electron chi connectivity index (χ2n) is 4.70. The van der Waals surface area contributed by atoms with Gasteiger partial charge in [-0.25, -0.2) is 0 Å². The fourth-order valence-corrected chi connectivity index (χ4v) is 2.97. The van der Waals surface area contributed by atoms with E-state index >= 15 is 0 Å². The van der Waals surface area contributed by atoms with Gasteiger partial charge in [-0.1, -0.05) is 42.1 Å². The van der Waals surface area contributed by atoms with Crippen LogP contribution in [-0.2, 0) is 11.2 Å². The van der Waals surface area contributed by atoms with E-state index in [1.54, 1.807) is 0 Å². The van der Waals surface area contributed by atoms with E-state index in [-0.39, 0.29) is 12.3 Å². The number of aliphatic carboxylic acids is 1. The molecule has 0 aliphatic heterocycles. The van der Waals surface area contributed by atoms with Crippen molar-refractivity contribution in [3.8, 4) is 6.07 Å². The minimum atomic E-state index is -0.838. The van der Waals surface area contributed by atoms with Crippen LogP contribution in [0.3, 0.4) is 0 Å². The zero-order valence-corrected chi connectivity index (χ0v) is 12.4. The molecule has 0 saturated heterocycles. The Morgan fingerprint density at radius 2 is 2.05 bits per heavy atom. The first-order valence-corrected chi connectivity index (χ1v) is 7.39. The quantitative estimate of drug-likeness (QED) is 0.903. The van der Waals surface area contributed by atoms with Gasteiger partial charge in [-0.05, 0) is 36.2 Å². The molecule has 0 spiro atoms. The maximum absolute atomic E-state index is 10.9. The first-order valence-electron chi connectivity index (χ1n) is 6.57. The van der Waals surface area contributed by atoms with Gasteiger partial charge >= 0.3 is 5.97 Å². The molecule has 0 bridgehead atoms. The Morgan fingerprint density at radius 3 is 2.76 bits per heavy atom. The fourth-order valence-electron chi connectivity index (χ4n) is 1.96. The molecule has 3 nitrogen and oxygen atoms in total. The van der Waals surface area contributed by atoms with Crippen molar-refractivity contribution in [1.82, 2.24) is 0 Å². The first-order chi connectivity index (χ1) is 10.1. The SMILES string of the molecule is CC(C#N)c1cccc(Sc2ccccc2CC(=O)O)c1. The van der Waals surface area contributed by atoms with Crippen molar-refractivity contribution in [3.05, 3.63) is 59.7 Å². The van der Waals surface area contributed by atoms with Crippen LogP contribution in [0.5, 0.6) is 0 Å². The predicted molar refractivity (Wildman–Crippen MR) is 82.4 cm³/mol. The Hall–Kier alpha value is -2.25. The molecule has 106 valence electrons. The van der Waals surface area contributed by atoms with Gasteiger partial charge in [0.2, 0.25) is 0 Å². The van der Waals surface area contributed by atoms with Crippen molar-refractivity contribution in [3.63, 3.8) is 0 Å². The zero-order chi connectivity index (χ0) is 15.2. The number of benzene rings is 2. The molecule has 4 heteroatoms. The Morgan fingerprint density at radius 1 is 1.29 bits per heavy atom. The third kappa shape index (κ3) is 4.11. The molecule has 0 aliphatic carbocycles. The van der Waals surface area contributed by atoms with Crippen molar-refractivity contribution in [2.75, 3.05) is 0 Å². The molecular weight excluding hydrogens is 282 g/mol. The van der Waals surface area contributed by atoms with Crippen molar-refractivity contribution in [2.45, 2.75) is 29.1 Å². The van der Waals surface area contributed by atoms with Crippen LogP contribution in [0.15, 0.2) is 58.3 Å². The largest absolute Gasteiger partial charge is 0.481 e. The summed E-state index contributed by atoms with van der Waals surface area (Å²) in [6.45, 7) is 1.86. The molecule has 0 fully saturated rings. The van der Waals surface area contributed by atoms with E-state index in [2.05, 4.69) is 6.07 Å². The average molecular weight is 297 g/mol. The van der Waals surface area contributed by atoms with E-state index in [0.29, 0.717) is 0 Å². The summed E-state index contributed by atoms with van der Waals surface area (Å²) < 4.78 is 0.